The zero-order chi connectivity index (χ0) is 19.6. The molecule has 1 aromatic heterocycles. The molecule has 0 radical (unpaired) electrons. The minimum atomic E-state index is -1.35. The van der Waals surface area contributed by atoms with E-state index in [1.54, 1.807) is 18.3 Å². The number of rotatable bonds is 6. The first kappa shape index (κ1) is 18.2. The van der Waals surface area contributed by atoms with Gasteiger partial charge in [-0.3, -0.25) is 14.4 Å². The molecule has 2 bridgehead atoms. The lowest BCUT2D eigenvalue weighted by Gasteiger charge is -2.47. The molecule has 7 nitrogen and oxygen atoms in total. The van der Waals surface area contributed by atoms with Gasteiger partial charge in [-0.25, -0.2) is 4.98 Å². The van der Waals surface area contributed by atoms with Gasteiger partial charge in [-0.1, -0.05) is 18.2 Å². The van der Waals surface area contributed by atoms with Crippen molar-refractivity contribution in [2.75, 3.05) is 0 Å². The number of allylic oxidation sites excluding steroid dienone is 2. The highest BCUT2D eigenvalue weighted by Gasteiger charge is 2.82. The second kappa shape index (κ2) is 5.64. The van der Waals surface area contributed by atoms with Crippen LogP contribution in [0.1, 0.15) is 31.2 Å². The molecule has 6 N–H and O–H groups in total. The maximum atomic E-state index is 13.1. The maximum absolute atomic E-state index is 13.1. The van der Waals surface area contributed by atoms with Gasteiger partial charge < -0.3 is 17.2 Å². The summed E-state index contributed by atoms with van der Waals surface area (Å²) in [6.07, 6.45) is 7.37. The van der Waals surface area contributed by atoms with E-state index in [0.717, 1.165) is 12.8 Å². The minimum absolute atomic E-state index is 0.0466. The number of amides is 3. The molecule has 1 spiro atoms. The number of nitrogens with zero attached hydrogens (tertiary/aromatic N) is 1. The molecule has 1 aromatic rings. The van der Waals surface area contributed by atoms with E-state index < -0.39 is 28.6 Å². The first-order valence-corrected chi connectivity index (χ1v) is 9.71. The largest absolute Gasteiger partial charge is 0.370 e. The highest BCUT2D eigenvalue weighted by molar-refractivity contribution is 9.10. The minimum Gasteiger partial charge on any atom is -0.370 e. The van der Waals surface area contributed by atoms with Gasteiger partial charge in [-0.15, -0.1) is 0 Å². The maximum Gasteiger partial charge on any atom is 0.229 e. The quantitative estimate of drug-likeness (QED) is 0.453. The topological polar surface area (TPSA) is 142 Å². The number of halogens is 1. The van der Waals surface area contributed by atoms with E-state index in [0.29, 0.717) is 10.2 Å². The lowest BCUT2D eigenvalue weighted by atomic mass is 9.52. The molecule has 1 heterocycles. The Morgan fingerprint density at radius 3 is 2.22 bits per heavy atom. The van der Waals surface area contributed by atoms with E-state index in [9.17, 15) is 14.4 Å². The number of carbonyl (C=O) groups excluding carboxylic acids is 3. The summed E-state index contributed by atoms with van der Waals surface area (Å²) in [5.74, 6) is -2.27. The third-order valence-electron chi connectivity index (χ3n) is 7.04. The first-order chi connectivity index (χ1) is 12.7. The smallest absolute Gasteiger partial charge is 0.229 e. The van der Waals surface area contributed by atoms with Crippen LogP contribution < -0.4 is 17.2 Å². The molecule has 27 heavy (non-hydrogen) atoms. The molecule has 0 aromatic carbocycles. The summed E-state index contributed by atoms with van der Waals surface area (Å²) in [6.45, 7) is 0. The van der Waals surface area contributed by atoms with Gasteiger partial charge >= 0.3 is 0 Å². The van der Waals surface area contributed by atoms with Crippen molar-refractivity contribution in [1.82, 2.24) is 4.98 Å². The highest BCUT2D eigenvalue weighted by Crippen LogP contribution is 2.80. The predicted octanol–water partition coefficient (Wildman–Crippen LogP) is 0.900. The summed E-state index contributed by atoms with van der Waals surface area (Å²) in [6, 6.07) is 3.48. The van der Waals surface area contributed by atoms with Gasteiger partial charge in [-0.05, 0) is 58.2 Å². The number of hydrogen-bond donors (Lipinski definition) is 3. The number of nitrogens with two attached hydrogens (primary N) is 3. The van der Waals surface area contributed by atoms with E-state index in [1.807, 2.05) is 12.2 Å². The van der Waals surface area contributed by atoms with E-state index >= 15 is 0 Å². The predicted molar refractivity (Wildman–Crippen MR) is 101 cm³/mol. The first-order valence-electron chi connectivity index (χ1n) is 8.92. The molecule has 4 atom stereocenters. The molecule has 3 amide bonds. The summed E-state index contributed by atoms with van der Waals surface area (Å²) in [4.78, 5) is 42.0. The van der Waals surface area contributed by atoms with Crippen molar-refractivity contribution in [3.63, 3.8) is 0 Å². The van der Waals surface area contributed by atoms with Gasteiger partial charge in [0.25, 0.3) is 0 Å². The third-order valence-corrected chi connectivity index (χ3v) is 7.51. The molecule has 4 rings (SSSR count). The molecular formula is C19H21BrN4O3. The lowest BCUT2D eigenvalue weighted by molar-refractivity contribution is -0.144. The lowest BCUT2D eigenvalue weighted by Crippen LogP contribution is -2.62. The van der Waals surface area contributed by atoms with Crippen LogP contribution >= 0.6 is 15.9 Å². The summed E-state index contributed by atoms with van der Waals surface area (Å²) >= 11 is 3.30. The van der Waals surface area contributed by atoms with Crippen molar-refractivity contribution in [3.8, 4) is 0 Å². The van der Waals surface area contributed by atoms with Gasteiger partial charge in [0.2, 0.25) is 17.7 Å². The normalized spacial score (nSPS) is 34.7. The van der Waals surface area contributed by atoms with Crippen LogP contribution in [-0.2, 0) is 19.8 Å². The van der Waals surface area contributed by atoms with Crippen molar-refractivity contribution in [1.29, 1.82) is 0 Å². The summed E-state index contributed by atoms with van der Waals surface area (Å²) in [5.41, 5.74) is 15.1. The van der Waals surface area contributed by atoms with Crippen LogP contribution in [0.15, 0.2) is 35.1 Å². The second-order valence-corrected chi connectivity index (χ2v) is 8.73. The molecule has 8 heteroatoms. The molecule has 0 unspecified atom stereocenters. The van der Waals surface area contributed by atoms with Gasteiger partial charge in [0, 0.05) is 18.5 Å². The van der Waals surface area contributed by atoms with Crippen LogP contribution in [0.4, 0.5) is 0 Å². The van der Waals surface area contributed by atoms with Gasteiger partial charge in [-0.2, -0.15) is 0 Å². The SMILES string of the molecule is NC(=O)CC[C@@]1(C(N)=O)[C@@H]2C=C[C@@H](C23CC3)[C@@]1(C(N)=O)c1ccc(Br)nc1. The van der Waals surface area contributed by atoms with Crippen LogP contribution in [0.3, 0.4) is 0 Å². The molecule has 2 saturated carbocycles. The average Bonchev–Trinajstić information content (AvgIpc) is 3.27. The Labute approximate surface area is 164 Å². The van der Waals surface area contributed by atoms with Crippen LogP contribution in [0.2, 0.25) is 0 Å². The fraction of sp³-hybridized carbons (Fsp3) is 0.474. The van der Waals surface area contributed by atoms with Crippen LogP contribution in [0.5, 0.6) is 0 Å². The van der Waals surface area contributed by atoms with Crippen molar-refractivity contribution in [2.45, 2.75) is 31.1 Å². The van der Waals surface area contributed by atoms with Crippen molar-refractivity contribution < 1.29 is 14.4 Å². The van der Waals surface area contributed by atoms with Crippen molar-refractivity contribution in [3.05, 3.63) is 40.6 Å². The number of aromatic nitrogens is 1. The van der Waals surface area contributed by atoms with Crippen molar-refractivity contribution >= 4 is 33.7 Å². The van der Waals surface area contributed by atoms with Gasteiger partial charge in [0.05, 0.1) is 10.8 Å². The number of hydrogen-bond acceptors (Lipinski definition) is 4. The Kier molecular flexibility index (Phi) is 3.79. The zero-order valence-corrected chi connectivity index (χ0v) is 16.2. The summed E-state index contributed by atoms with van der Waals surface area (Å²) in [7, 11) is 0. The number of pyridine rings is 1. The Morgan fingerprint density at radius 2 is 1.74 bits per heavy atom. The number of carbonyl (C=O) groups is 3. The van der Waals surface area contributed by atoms with E-state index in [2.05, 4.69) is 20.9 Å². The number of primary amides is 3. The van der Waals surface area contributed by atoms with Crippen LogP contribution in [0.25, 0.3) is 0 Å². The molecule has 0 aliphatic heterocycles. The summed E-state index contributed by atoms with van der Waals surface area (Å²) < 4.78 is 0.604. The average molecular weight is 433 g/mol. The van der Waals surface area contributed by atoms with Crippen LogP contribution in [0, 0.1) is 22.7 Å². The molecule has 0 saturated heterocycles. The monoisotopic (exact) mass is 432 g/mol. The van der Waals surface area contributed by atoms with E-state index in [-0.39, 0.29) is 30.1 Å². The van der Waals surface area contributed by atoms with E-state index in [4.69, 9.17) is 17.2 Å². The van der Waals surface area contributed by atoms with Crippen molar-refractivity contribution in [2.24, 2.45) is 39.9 Å². The molecular weight excluding hydrogens is 412 g/mol. The Morgan fingerprint density at radius 1 is 1.07 bits per heavy atom. The van der Waals surface area contributed by atoms with E-state index in [1.165, 1.54) is 0 Å². The van der Waals surface area contributed by atoms with Gasteiger partial charge in [0.1, 0.15) is 4.60 Å². The molecule has 142 valence electrons. The Balaban J connectivity index is 2.02. The standard InChI is InChI=1S/C19H21BrN4O3/c20-13-4-1-10(9-24-13)19(16(23)27)12-3-2-11(17(12)7-8-17)18(19,15(22)26)6-5-14(21)25/h1-4,9,11-12H,5-8H2,(H2,21,25)(H2,22,26)(H2,23,27)/t11-,12+,18+,19-/m1/s1. The highest BCUT2D eigenvalue weighted by atomic mass is 79.9. The van der Waals surface area contributed by atoms with Gasteiger partial charge in [0.15, 0.2) is 0 Å². The third kappa shape index (κ3) is 2.02. The Hall–Kier alpha value is -2.22. The second-order valence-electron chi connectivity index (χ2n) is 7.92. The summed E-state index contributed by atoms with van der Waals surface area (Å²) in [5, 5.41) is 0. The molecule has 3 aliphatic rings. The fourth-order valence-corrected chi connectivity index (χ4v) is 6.26. The zero-order valence-electron chi connectivity index (χ0n) is 14.7. The fourth-order valence-electron chi connectivity index (χ4n) is 6.02. The Bertz CT molecular complexity index is 879. The molecule has 3 aliphatic carbocycles. The van der Waals surface area contributed by atoms with Crippen LogP contribution in [-0.4, -0.2) is 22.7 Å². The molecule has 2 fully saturated rings.